The minimum Gasteiger partial charge on any atom is -0.481 e. The Balaban J connectivity index is 2.19. The zero-order chi connectivity index (χ0) is 12.9. The molecule has 1 heterocycles. The van der Waals surface area contributed by atoms with Crippen molar-refractivity contribution in [1.82, 2.24) is 0 Å². The van der Waals surface area contributed by atoms with E-state index in [0.29, 0.717) is 24.3 Å². The molecule has 0 unspecified atom stereocenters. The zero-order valence-corrected chi connectivity index (χ0v) is 11.5. The summed E-state index contributed by atoms with van der Waals surface area (Å²) in [7, 11) is 0. The van der Waals surface area contributed by atoms with Gasteiger partial charge in [0.25, 0.3) is 0 Å². The van der Waals surface area contributed by atoms with Gasteiger partial charge in [0.1, 0.15) is 0 Å². The Morgan fingerprint density at radius 2 is 2.06 bits per heavy atom. The van der Waals surface area contributed by atoms with Crippen LogP contribution in [0.1, 0.15) is 30.4 Å². The van der Waals surface area contributed by atoms with Crippen LogP contribution in [0.4, 0.5) is 0 Å². The minimum atomic E-state index is -0.748. The molecule has 0 aromatic heterocycles. The lowest BCUT2D eigenvalue weighted by Crippen LogP contribution is -2.42. The van der Waals surface area contributed by atoms with Crippen LogP contribution in [-0.4, -0.2) is 17.9 Å². The van der Waals surface area contributed by atoms with E-state index in [4.69, 9.17) is 9.47 Å². The molecule has 0 saturated heterocycles. The van der Waals surface area contributed by atoms with E-state index < -0.39 is 11.4 Å². The fourth-order valence-electron chi connectivity index (χ4n) is 2.78. The summed E-state index contributed by atoms with van der Waals surface area (Å²) in [5.74, 6) is 0.602. The number of aliphatic carboxylic acids is 1. The third kappa shape index (κ3) is 1.40. The summed E-state index contributed by atoms with van der Waals surface area (Å²) >= 11 is 3.43. The monoisotopic (exact) mass is 312 g/mol. The van der Waals surface area contributed by atoms with E-state index in [1.165, 1.54) is 0 Å². The largest absolute Gasteiger partial charge is 0.481 e. The highest BCUT2D eigenvalue weighted by Gasteiger charge is 2.48. The molecule has 1 aromatic carbocycles. The van der Waals surface area contributed by atoms with E-state index in [2.05, 4.69) is 15.9 Å². The van der Waals surface area contributed by atoms with Gasteiger partial charge in [0.15, 0.2) is 11.5 Å². The van der Waals surface area contributed by atoms with E-state index in [1.807, 2.05) is 13.0 Å². The van der Waals surface area contributed by atoms with Crippen LogP contribution < -0.4 is 9.47 Å². The molecule has 0 bridgehead atoms. The molecule has 5 heteroatoms. The number of carboxylic acids is 1. The minimum absolute atomic E-state index is 0.193. The Bertz CT molecular complexity index is 534. The molecule has 0 spiro atoms. The molecule has 1 aromatic rings. The van der Waals surface area contributed by atoms with Crippen LogP contribution in [0.3, 0.4) is 0 Å². The maximum absolute atomic E-state index is 11.6. The standard InChI is InChI=1S/C13H13BrO4/c1-7-8(13(12(15)16)3-2-4-13)5-9(14)11-10(7)17-6-18-11/h5H,2-4,6H2,1H3,(H,15,16). The Morgan fingerprint density at radius 1 is 1.39 bits per heavy atom. The van der Waals surface area contributed by atoms with Crippen LogP contribution in [-0.2, 0) is 10.2 Å². The molecule has 4 nitrogen and oxygen atoms in total. The molecule has 1 saturated carbocycles. The number of ether oxygens (including phenoxy) is 2. The number of benzene rings is 1. The molecule has 1 aliphatic heterocycles. The van der Waals surface area contributed by atoms with Crippen molar-refractivity contribution in [2.75, 3.05) is 6.79 Å². The van der Waals surface area contributed by atoms with Crippen molar-refractivity contribution in [2.45, 2.75) is 31.6 Å². The van der Waals surface area contributed by atoms with E-state index in [9.17, 15) is 9.90 Å². The number of fused-ring (bicyclic) bond motifs is 1. The van der Waals surface area contributed by atoms with Crippen molar-refractivity contribution in [1.29, 1.82) is 0 Å². The van der Waals surface area contributed by atoms with Gasteiger partial charge in [-0.15, -0.1) is 0 Å². The first-order valence-corrected chi connectivity index (χ1v) is 6.68. The van der Waals surface area contributed by atoms with Gasteiger partial charge >= 0.3 is 5.97 Å². The molecular formula is C13H13BrO4. The van der Waals surface area contributed by atoms with E-state index in [-0.39, 0.29) is 6.79 Å². The third-order valence-corrected chi connectivity index (χ3v) is 4.57. The van der Waals surface area contributed by atoms with E-state index in [0.717, 1.165) is 22.0 Å². The Morgan fingerprint density at radius 3 is 2.61 bits per heavy atom. The van der Waals surface area contributed by atoms with Crippen molar-refractivity contribution in [3.8, 4) is 11.5 Å². The molecule has 18 heavy (non-hydrogen) atoms. The predicted molar refractivity (Wildman–Crippen MR) is 68.2 cm³/mol. The number of halogens is 1. The van der Waals surface area contributed by atoms with Gasteiger partial charge < -0.3 is 14.6 Å². The topological polar surface area (TPSA) is 55.8 Å². The molecule has 2 aliphatic rings. The SMILES string of the molecule is Cc1c(C2(C(=O)O)CCC2)cc(Br)c2c1OCO2. The Labute approximate surface area is 113 Å². The molecule has 0 amide bonds. The van der Waals surface area contributed by atoms with Crippen molar-refractivity contribution >= 4 is 21.9 Å². The highest BCUT2D eigenvalue weighted by atomic mass is 79.9. The van der Waals surface area contributed by atoms with E-state index >= 15 is 0 Å². The molecule has 0 atom stereocenters. The number of rotatable bonds is 2. The van der Waals surface area contributed by atoms with Crippen molar-refractivity contribution in [3.05, 3.63) is 21.7 Å². The number of hydrogen-bond acceptors (Lipinski definition) is 3. The fourth-order valence-corrected chi connectivity index (χ4v) is 3.31. The van der Waals surface area contributed by atoms with Crippen molar-refractivity contribution in [3.63, 3.8) is 0 Å². The van der Waals surface area contributed by atoms with Crippen molar-refractivity contribution in [2.24, 2.45) is 0 Å². The molecule has 1 N–H and O–H groups in total. The van der Waals surface area contributed by atoms with Gasteiger partial charge in [-0.05, 0) is 52.9 Å². The average molecular weight is 313 g/mol. The Kier molecular flexibility index (Phi) is 2.55. The second-order valence-electron chi connectivity index (χ2n) is 4.84. The second-order valence-corrected chi connectivity index (χ2v) is 5.69. The lowest BCUT2D eigenvalue weighted by Gasteiger charge is -2.39. The van der Waals surface area contributed by atoms with Gasteiger partial charge in [0, 0.05) is 0 Å². The third-order valence-electron chi connectivity index (χ3n) is 3.98. The lowest BCUT2D eigenvalue weighted by molar-refractivity contribution is -0.147. The van der Waals surface area contributed by atoms with Crippen LogP contribution in [0, 0.1) is 6.92 Å². The van der Waals surface area contributed by atoms with Crippen molar-refractivity contribution < 1.29 is 19.4 Å². The average Bonchev–Trinajstić information content (AvgIpc) is 2.72. The van der Waals surface area contributed by atoms with E-state index in [1.54, 1.807) is 0 Å². The molecular weight excluding hydrogens is 300 g/mol. The summed E-state index contributed by atoms with van der Waals surface area (Å²) in [6.07, 6.45) is 2.34. The van der Waals surface area contributed by atoms with Gasteiger partial charge in [0.2, 0.25) is 6.79 Å². The van der Waals surface area contributed by atoms with Crippen LogP contribution in [0.5, 0.6) is 11.5 Å². The summed E-state index contributed by atoms with van der Waals surface area (Å²) in [6, 6.07) is 1.87. The van der Waals surface area contributed by atoms with Gasteiger partial charge in [-0.1, -0.05) is 6.42 Å². The first-order chi connectivity index (χ1) is 8.56. The summed E-state index contributed by atoms with van der Waals surface area (Å²) in [5, 5.41) is 9.51. The number of carboxylic acid groups (broad SMARTS) is 1. The summed E-state index contributed by atoms with van der Waals surface area (Å²) in [6.45, 7) is 2.09. The van der Waals surface area contributed by atoms with Gasteiger partial charge in [0.05, 0.1) is 9.89 Å². The number of hydrogen-bond donors (Lipinski definition) is 1. The summed E-state index contributed by atoms with van der Waals surface area (Å²) < 4.78 is 11.6. The lowest BCUT2D eigenvalue weighted by atomic mass is 9.63. The fraction of sp³-hybridized carbons (Fsp3) is 0.462. The highest BCUT2D eigenvalue weighted by Crippen LogP contribution is 2.51. The second kappa shape index (κ2) is 3.88. The molecule has 3 rings (SSSR count). The van der Waals surface area contributed by atoms with Crippen LogP contribution in [0.2, 0.25) is 0 Å². The smallest absolute Gasteiger partial charge is 0.314 e. The molecule has 96 valence electrons. The summed E-state index contributed by atoms with van der Waals surface area (Å²) in [4.78, 5) is 11.6. The van der Waals surface area contributed by atoms with Crippen LogP contribution >= 0.6 is 15.9 Å². The highest BCUT2D eigenvalue weighted by molar-refractivity contribution is 9.10. The maximum atomic E-state index is 11.6. The van der Waals surface area contributed by atoms with Crippen LogP contribution in [0.15, 0.2) is 10.5 Å². The normalized spacial score (nSPS) is 19.4. The van der Waals surface area contributed by atoms with Gasteiger partial charge in [-0.25, -0.2) is 0 Å². The zero-order valence-electron chi connectivity index (χ0n) is 9.96. The quantitative estimate of drug-likeness (QED) is 0.912. The number of carbonyl (C=O) groups is 1. The first kappa shape index (κ1) is 11.8. The molecule has 0 radical (unpaired) electrons. The predicted octanol–water partition coefficient (Wildman–Crippen LogP) is 2.99. The summed E-state index contributed by atoms with van der Waals surface area (Å²) in [5.41, 5.74) is 0.985. The Hall–Kier alpha value is -1.23. The molecule has 1 aliphatic carbocycles. The van der Waals surface area contributed by atoms with Crippen LogP contribution in [0.25, 0.3) is 0 Å². The van der Waals surface area contributed by atoms with Gasteiger partial charge in [-0.2, -0.15) is 0 Å². The first-order valence-electron chi connectivity index (χ1n) is 5.89. The molecule has 1 fully saturated rings. The van der Waals surface area contributed by atoms with Gasteiger partial charge in [-0.3, -0.25) is 4.79 Å². The maximum Gasteiger partial charge on any atom is 0.314 e.